The molecule has 0 aromatic carbocycles. The van der Waals surface area contributed by atoms with E-state index >= 15 is 0 Å². The zero-order chi connectivity index (χ0) is 12.1. The van der Waals surface area contributed by atoms with E-state index in [1.54, 1.807) is 0 Å². The largest absolute Gasteiger partial charge is 0.389 e. The van der Waals surface area contributed by atoms with Crippen LogP contribution < -0.4 is 21.7 Å². The molecule has 0 aliphatic rings. The zero-order valence-electron chi connectivity index (χ0n) is 10.6. The molecule has 96 valence electrons. The van der Waals surface area contributed by atoms with Crippen LogP contribution in [0.1, 0.15) is 26.2 Å². The summed E-state index contributed by atoms with van der Waals surface area (Å²) in [5.74, 6) is 0. The van der Waals surface area contributed by atoms with Crippen molar-refractivity contribution in [2.45, 2.75) is 26.2 Å². The van der Waals surface area contributed by atoms with Gasteiger partial charge >= 0.3 is 0 Å². The van der Waals surface area contributed by atoms with E-state index in [0.29, 0.717) is 0 Å². The highest BCUT2D eigenvalue weighted by Crippen LogP contribution is 1.81. The molecule has 4 nitrogen and oxygen atoms in total. The van der Waals surface area contributed by atoms with Crippen LogP contribution in [0.3, 0.4) is 0 Å². The number of hydrogen-bond donors (Lipinski definition) is 4. The molecule has 0 radical (unpaired) electrons. The van der Waals surface area contributed by atoms with Crippen molar-refractivity contribution in [1.82, 2.24) is 16.0 Å². The van der Waals surface area contributed by atoms with Gasteiger partial charge in [-0.2, -0.15) is 0 Å². The molecular formula is C12H28N4. The maximum absolute atomic E-state index is 5.39. The van der Waals surface area contributed by atoms with Gasteiger partial charge in [0.25, 0.3) is 0 Å². The third-order valence-electron chi connectivity index (χ3n) is 2.22. The Hall–Kier alpha value is -0.580. The fourth-order valence-electron chi connectivity index (χ4n) is 1.33. The van der Waals surface area contributed by atoms with Crippen molar-refractivity contribution in [1.29, 1.82) is 0 Å². The molecule has 0 rings (SSSR count). The second kappa shape index (κ2) is 12.5. The van der Waals surface area contributed by atoms with Gasteiger partial charge in [0.2, 0.25) is 0 Å². The lowest BCUT2D eigenvalue weighted by Gasteiger charge is -2.07. The highest BCUT2D eigenvalue weighted by atomic mass is 14.9. The fraction of sp³-hybridized carbons (Fsp3) is 0.833. The van der Waals surface area contributed by atoms with Gasteiger partial charge in [0, 0.05) is 12.2 Å². The summed E-state index contributed by atoms with van der Waals surface area (Å²) in [4.78, 5) is 0. The summed E-state index contributed by atoms with van der Waals surface area (Å²) < 4.78 is 0. The lowest BCUT2D eigenvalue weighted by Crippen LogP contribution is -2.25. The Bertz CT molecular complexity index is 159. The standard InChI is InChI=1S/C12H28N4/c1-12(2)16-11-5-10-15-9-4-8-14-7-3-6-13/h14-16H,1,3-11,13H2,2H3. The van der Waals surface area contributed by atoms with Crippen molar-refractivity contribution in [3.63, 3.8) is 0 Å². The number of nitrogens with one attached hydrogen (secondary N) is 3. The molecule has 0 aliphatic carbocycles. The summed E-state index contributed by atoms with van der Waals surface area (Å²) in [5, 5.41) is 9.99. The maximum atomic E-state index is 5.39. The summed E-state index contributed by atoms with van der Waals surface area (Å²) >= 11 is 0. The first-order valence-corrected chi connectivity index (χ1v) is 6.28. The van der Waals surface area contributed by atoms with Crippen LogP contribution in [0.2, 0.25) is 0 Å². The first kappa shape index (κ1) is 15.4. The molecule has 0 aromatic rings. The van der Waals surface area contributed by atoms with Crippen LogP contribution in [0.15, 0.2) is 12.3 Å². The quantitative estimate of drug-likeness (QED) is 0.366. The number of rotatable bonds is 12. The van der Waals surface area contributed by atoms with Crippen LogP contribution in [0.4, 0.5) is 0 Å². The van der Waals surface area contributed by atoms with E-state index in [1.807, 2.05) is 6.92 Å². The van der Waals surface area contributed by atoms with E-state index in [4.69, 9.17) is 5.73 Å². The Morgan fingerprint density at radius 3 is 1.94 bits per heavy atom. The highest BCUT2D eigenvalue weighted by Gasteiger charge is 1.90. The van der Waals surface area contributed by atoms with Crippen molar-refractivity contribution in [3.05, 3.63) is 12.3 Å². The van der Waals surface area contributed by atoms with Gasteiger partial charge in [-0.25, -0.2) is 0 Å². The third kappa shape index (κ3) is 13.4. The van der Waals surface area contributed by atoms with Crippen LogP contribution in [-0.4, -0.2) is 39.3 Å². The molecule has 0 saturated carbocycles. The van der Waals surface area contributed by atoms with Gasteiger partial charge in [-0.3, -0.25) is 0 Å². The zero-order valence-corrected chi connectivity index (χ0v) is 10.6. The Balaban J connectivity index is 2.90. The summed E-state index contributed by atoms with van der Waals surface area (Å²) in [6, 6.07) is 0. The van der Waals surface area contributed by atoms with Gasteiger partial charge in [-0.05, 0) is 58.9 Å². The van der Waals surface area contributed by atoms with Gasteiger partial charge in [0.1, 0.15) is 0 Å². The second-order valence-electron chi connectivity index (χ2n) is 4.06. The molecular weight excluding hydrogens is 200 g/mol. The fourth-order valence-corrected chi connectivity index (χ4v) is 1.33. The second-order valence-corrected chi connectivity index (χ2v) is 4.06. The van der Waals surface area contributed by atoms with Gasteiger partial charge in [-0.1, -0.05) is 6.58 Å². The molecule has 0 unspecified atom stereocenters. The van der Waals surface area contributed by atoms with Gasteiger partial charge in [0.05, 0.1) is 0 Å². The molecule has 0 heterocycles. The predicted molar refractivity (Wildman–Crippen MR) is 71.5 cm³/mol. The number of allylic oxidation sites excluding steroid dienone is 1. The minimum Gasteiger partial charge on any atom is -0.389 e. The van der Waals surface area contributed by atoms with E-state index in [-0.39, 0.29) is 0 Å². The summed E-state index contributed by atoms with van der Waals surface area (Å²) in [7, 11) is 0. The SMILES string of the molecule is C=C(C)NCCCNCCCNCCCN. The first-order valence-electron chi connectivity index (χ1n) is 6.28. The van der Waals surface area contributed by atoms with Gasteiger partial charge in [0.15, 0.2) is 0 Å². The van der Waals surface area contributed by atoms with Gasteiger partial charge < -0.3 is 21.7 Å². The average Bonchev–Trinajstić information content (AvgIpc) is 2.25. The number of nitrogens with two attached hydrogens (primary N) is 1. The van der Waals surface area contributed by atoms with Gasteiger partial charge in [-0.15, -0.1) is 0 Å². The predicted octanol–water partition coefficient (Wildman–Crippen LogP) is 0.418. The average molecular weight is 228 g/mol. The van der Waals surface area contributed by atoms with Crippen molar-refractivity contribution < 1.29 is 0 Å². The Labute approximate surface area is 100 Å². The summed E-state index contributed by atoms with van der Waals surface area (Å²) in [6.45, 7) is 11.8. The van der Waals surface area contributed by atoms with Crippen molar-refractivity contribution in [2.24, 2.45) is 5.73 Å². The minimum atomic E-state index is 0.779. The van der Waals surface area contributed by atoms with Crippen molar-refractivity contribution >= 4 is 0 Å². The van der Waals surface area contributed by atoms with Crippen LogP contribution in [0.5, 0.6) is 0 Å². The van der Waals surface area contributed by atoms with Crippen LogP contribution >= 0.6 is 0 Å². The maximum Gasteiger partial charge on any atom is 0.0155 e. The van der Waals surface area contributed by atoms with Crippen LogP contribution in [0, 0.1) is 0 Å². The number of hydrogen-bond acceptors (Lipinski definition) is 4. The van der Waals surface area contributed by atoms with Crippen LogP contribution in [-0.2, 0) is 0 Å². The lowest BCUT2D eigenvalue weighted by molar-refractivity contribution is 0.572. The summed E-state index contributed by atoms with van der Waals surface area (Å²) in [6.07, 6.45) is 3.39. The first-order chi connectivity index (χ1) is 7.77. The third-order valence-corrected chi connectivity index (χ3v) is 2.22. The van der Waals surface area contributed by atoms with E-state index < -0.39 is 0 Å². The van der Waals surface area contributed by atoms with Crippen LogP contribution in [0.25, 0.3) is 0 Å². The molecule has 4 heteroatoms. The molecule has 0 aromatic heterocycles. The summed E-state index contributed by atoms with van der Waals surface area (Å²) in [5.41, 5.74) is 6.44. The minimum absolute atomic E-state index is 0.779. The molecule has 0 aliphatic heterocycles. The Morgan fingerprint density at radius 2 is 1.44 bits per heavy atom. The van der Waals surface area contributed by atoms with E-state index in [1.165, 1.54) is 6.42 Å². The van der Waals surface area contributed by atoms with E-state index in [2.05, 4.69) is 22.5 Å². The Morgan fingerprint density at radius 1 is 0.938 bits per heavy atom. The molecule has 0 bridgehead atoms. The molecule has 0 saturated heterocycles. The topological polar surface area (TPSA) is 62.1 Å². The molecule has 0 amide bonds. The molecule has 0 atom stereocenters. The molecule has 16 heavy (non-hydrogen) atoms. The molecule has 0 fully saturated rings. The lowest BCUT2D eigenvalue weighted by atomic mass is 10.3. The smallest absolute Gasteiger partial charge is 0.0155 e. The van der Waals surface area contributed by atoms with E-state index in [0.717, 1.165) is 57.8 Å². The van der Waals surface area contributed by atoms with Crippen molar-refractivity contribution in [2.75, 3.05) is 39.3 Å². The molecule has 0 spiro atoms. The normalized spacial score (nSPS) is 10.4. The van der Waals surface area contributed by atoms with E-state index in [9.17, 15) is 0 Å². The van der Waals surface area contributed by atoms with Crippen molar-refractivity contribution in [3.8, 4) is 0 Å². The highest BCUT2D eigenvalue weighted by molar-refractivity contribution is 4.83. The molecule has 5 N–H and O–H groups in total. The monoisotopic (exact) mass is 228 g/mol. The Kier molecular flexibility index (Phi) is 12.0.